The van der Waals surface area contributed by atoms with Crippen LogP contribution in [-0.4, -0.2) is 59.7 Å². The van der Waals surface area contributed by atoms with Gasteiger partial charge in [-0.05, 0) is 0 Å². The van der Waals surface area contributed by atoms with Gasteiger partial charge in [-0.1, -0.05) is 0 Å². The number of aliphatic imine (C=N–C) groups is 1. The summed E-state index contributed by atoms with van der Waals surface area (Å²) in [5.74, 6) is 2.52. The predicted molar refractivity (Wildman–Crippen MR) is 135 cm³/mol. The van der Waals surface area contributed by atoms with Crippen LogP contribution in [0.3, 0.4) is 0 Å². The summed E-state index contributed by atoms with van der Waals surface area (Å²) in [5.41, 5.74) is 2.89. The molecule has 3 aliphatic rings. The zero-order valence-electron chi connectivity index (χ0n) is 20.6. The Hall–Kier alpha value is -2.91. The monoisotopic (exact) mass is 600 g/mol. The Bertz CT molecular complexity index is 1410. The first kappa shape index (κ1) is 27.1. The first-order chi connectivity index (χ1) is 17.7. The Labute approximate surface area is 238 Å². The van der Waals surface area contributed by atoms with Crippen LogP contribution in [0.1, 0.15) is 5.56 Å². The largest absolute Gasteiger partial charge is 1.00 e. The number of benzene rings is 1. The van der Waals surface area contributed by atoms with E-state index in [0.717, 1.165) is 52.9 Å². The second-order valence-electron chi connectivity index (χ2n) is 8.24. The van der Waals surface area contributed by atoms with Gasteiger partial charge in [0.1, 0.15) is 0 Å². The van der Waals surface area contributed by atoms with Crippen LogP contribution < -0.4 is 66.0 Å². The molecule has 0 spiro atoms. The molecular weight excluding hydrogens is 576 g/mol. The third kappa shape index (κ3) is 6.15. The minimum absolute atomic E-state index is 0. The van der Waals surface area contributed by atoms with Gasteiger partial charge in [0.2, 0.25) is 0 Å². The van der Waals surface area contributed by atoms with E-state index in [0.29, 0.717) is 36.3 Å². The molecule has 0 amide bonds. The molecule has 4 heterocycles. The maximum absolute atomic E-state index is 8.65. The molecule has 1 atom stereocenters. The number of hydrogen-bond donors (Lipinski definition) is 2. The van der Waals surface area contributed by atoms with Crippen molar-refractivity contribution in [3.8, 4) is 5.75 Å². The number of aromatic nitrogens is 2. The molecule has 186 valence electrons. The third-order valence-electron chi connectivity index (χ3n) is 5.86. The van der Waals surface area contributed by atoms with Crippen molar-refractivity contribution < 1.29 is 49.5 Å². The molecule has 1 aromatic carbocycles. The minimum atomic E-state index is -0.314. The van der Waals surface area contributed by atoms with Crippen LogP contribution >= 0.6 is 0 Å². The van der Waals surface area contributed by atoms with Crippen LogP contribution in [0.5, 0.6) is 5.75 Å². The Morgan fingerprint density at radius 3 is 3.11 bits per heavy atom. The van der Waals surface area contributed by atoms with E-state index >= 15 is 0 Å². The fraction of sp³-hybridized carbons (Fsp3) is 0.231. The Kier molecular flexibility index (Phi) is 9.21. The Morgan fingerprint density at radius 1 is 1.41 bits per heavy atom. The zero-order valence-corrected chi connectivity index (χ0v) is 22.8. The van der Waals surface area contributed by atoms with Crippen LogP contribution in [0, 0.1) is 13.5 Å². The van der Waals surface area contributed by atoms with Crippen molar-refractivity contribution in [1.29, 1.82) is 0 Å². The molecule has 0 radical (unpaired) electrons. The number of nitrogens with zero attached hydrogens (tertiary/aromatic N) is 5. The van der Waals surface area contributed by atoms with Gasteiger partial charge in [0.05, 0.1) is 0 Å². The number of hydrogen-bond acceptors (Lipinski definition) is 7. The molecule has 0 unspecified atom stereocenters. The SMILES string of the molecule is [CH-]=C/C(=C\[C-]=NC=[N-])Oc1ccc(Nc2ncnc3c2=C2OC[C@H]4CN(CCN4)C2=C[I-]C=3)cc1C.[Li+]. The number of ether oxygens (including phenoxy) is 2. The summed E-state index contributed by atoms with van der Waals surface area (Å²) in [6.45, 7) is 11.0. The maximum atomic E-state index is 8.65. The summed E-state index contributed by atoms with van der Waals surface area (Å²) in [7, 11) is 0. The van der Waals surface area contributed by atoms with Gasteiger partial charge in [-0.3, -0.25) is 6.58 Å². The first-order valence-corrected chi connectivity index (χ1v) is 13.9. The van der Waals surface area contributed by atoms with Crippen molar-refractivity contribution >= 4 is 33.9 Å². The van der Waals surface area contributed by atoms with Gasteiger partial charge in [0.15, 0.2) is 0 Å². The Morgan fingerprint density at radius 2 is 2.30 bits per heavy atom. The van der Waals surface area contributed by atoms with E-state index in [4.69, 9.17) is 21.5 Å². The fourth-order valence-electron chi connectivity index (χ4n) is 4.18. The molecule has 1 aromatic heterocycles. The van der Waals surface area contributed by atoms with Crippen molar-refractivity contribution in [3.05, 3.63) is 80.3 Å². The summed E-state index contributed by atoms with van der Waals surface area (Å²) in [4.78, 5) is 15.1. The topological polar surface area (TPSA) is 106 Å². The number of fused-ring (bicyclic) bond motifs is 5. The van der Waals surface area contributed by atoms with Gasteiger partial charge in [-0.2, -0.15) is 0 Å². The molecule has 5 rings (SSSR count). The number of nitrogens with one attached hydrogen (secondary N) is 2. The van der Waals surface area contributed by atoms with Crippen molar-refractivity contribution in [1.82, 2.24) is 20.2 Å². The van der Waals surface area contributed by atoms with Gasteiger partial charge >= 0.3 is 210 Å². The van der Waals surface area contributed by atoms with E-state index in [1.54, 1.807) is 6.33 Å². The summed E-state index contributed by atoms with van der Waals surface area (Å²) in [6, 6.07) is 6.03. The van der Waals surface area contributed by atoms with E-state index in [-0.39, 0.29) is 40.1 Å². The van der Waals surface area contributed by atoms with Gasteiger partial charge in [0.25, 0.3) is 0 Å². The molecule has 0 aliphatic carbocycles. The molecule has 37 heavy (non-hydrogen) atoms. The molecule has 3 aliphatic heterocycles. The van der Waals surface area contributed by atoms with E-state index in [2.05, 4.69) is 44.9 Å². The summed E-state index contributed by atoms with van der Waals surface area (Å²) >= 11 is -0.314. The molecule has 11 heteroatoms. The molecule has 2 bridgehead atoms. The molecule has 2 saturated heterocycles. The molecule has 2 N–H and O–H groups in total. The van der Waals surface area contributed by atoms with Crippen molar-refractivity contribution in [2.45, 2.75) is 13.0 Å². The van der Waals surface area contributed by atoms with Crippen LogP contribution in [-0.2, 0) is 4.74 Å². The van der Waals surface area contributed by atoms with Crippen LogP contribution in [0.15, 0.2) is 57.2 Å². The van der Waals surface area contributed by atoms with Gasteiger partial charge in [-0.25, -0.2) is 12.6 Å². The van der Waals surface area contributed by atoms with E-state index in [1.165, 1.54) is 12.2 Å². The number of piperazine rings is 1. The molecule has 9 nitrogen and oxygen atoms in total. The van der Waals surface area contributed by atoms with E-state index in [1.807, 2.05) is 25.1 Å². The summed E-state index contributed by atoms with van der Waals surface area (Å²) in [6.07, 6.45) is 7.48. The number of allylic oxidation sites excluding steroid dienone is 2. The Balaban J connectivity index is 0.00000320. The molecule has 2 fully saturated rings. The first-order valence-electron chi connectivity index (χ1n) is 11.4. The number of anilines is 2. The van der Waals surface area contributed by atoms with E-state index in [9.17, 15) is 0 Å². The average molecular weight is 600 g/mol. The number of aryl methyl sites for hydroxylation is 1. The standard InChI is InChI=1S/C26H24IN7O2.Li/c1-3-20(6-7-29-15-28)36-23-5-4-18(10-17(23)2)33-26-24-21(31-16-32-26)11-27-12-22-25(24)35-14-19-13-34(22)9-8-30-19;/h1,3-6,10-12,15-16,19,30H,8-9,13-14H2,2H3,(H,31,32,33);/q-4;+1/b20-6+;/t19-;/m1./s1. The molecule has 0 saturated carbocycles. The van der Waals surface area contributed by atoms with Crippen molar-refractivity contribution in [3.63, 3.8) is 0 Å². The quantitative estimate of drug-likeness (QED) is 0.0628. The predicted octanol–water partition coefficient (Wildman–Crippen LogP) is -4.58. The maximum Gasteiger partial charge on any atom is 1.00 e. The normalized spacial score (nSPS) is 18.8. The van der Waals surface area contributed by atoms with Crippen LogP contribution in [0.2, 0.25) is 0 Å². The summed E-state index contributed by atoms with van der Waals surface area (Å²) < 4.78 is 16.8. The fourth-order valence-corrected chi connectivity index (χ4v) is 6.19. The van der Waals surface area contributed by atoms with E-state index < -0.39 is 0 Å². The second kappa shape index (κ2) is 12.6. The number of rotatable bonds is 7. The van der Waals surface area contributed by atoms with Gasteiger partial charge < -0.3 is 10.4 Å². The minimum Gasteiger partial charge on any atom is 1.00 e. The van der Waals surface area contributed by atoms with Crippen LogP contribution in [0.25, 0.3) is 15.3 Å². The second-order valence-corrected chi connectivity index (χ2v) is 10.2. The van der Waals surface area contributed by atoms with Crippen LogP contribution in [0.4, 0.5) is 11.5 Å². The van der Waals surface area contributed by atoms with Crippen molar-refractivity contribution in [2.24, 2.45) is 4.99 Å². The smallest absolute Gasteiger partial charge is 1.00 e. The van der Waals surface area contributed by atoms with Gasteiger partial charge in [-0.15, -0.1) is 0 Å². The third-order valence-corrected chi connectivity index (χ3v) is 7.76. The van der Waals surface area contributed by atoms with Gasteiger partial charge in [0, 0.05) is 0 Å². The summed E-state index contributed by atoms with van der Waals surface area (Å²) in [5, 5.41) is 17.4. The molecular formula is C26H24ILiN7O2-3. The zero-order chi connectivity index (χ0) is 24.9. The van der Waals surface area contributed by atoms with Crippen molar-refractivity contribution in [2.75, 3.05) is 31.6 Å². The number of halogens is 1. The average Bonchev–Trinajstić information content (AvgIpc) is 3.14. The molecule has 2 aromatic rings.